The van der Waals surface area contributed by atoms with E-state index in [1.54, 1.807) is 6.92 Å². The van der Waals surface area contributed by atoms with Crippen LogP contribution in [0.4, 0.5) is 0 Å². The summed E-state index contributed by atoms with van der Waals surface area (Å²) in [5, 5.41) is 19.8. The summed E-state index contributed by atoms with van der Waals surface area (Å²) in [6.45, 7) is 5.23. The molecule has 29 heavy (non-hydrogen) atoms. The van der Waals surface area contributed by atoms with Gasteiger partial charge < -0.3 is 21.1 Å². The fraction of sp³-hybridized carbons (Fsp3) is 0.364. The first-order chi connectivity index (χ1) is 13.5. The minimum absolute atomic E-state index is 0. The Kier molecular flexibility index (Phi) is 11.3. The van der Waals surface area contributed by atoms with Crippen LogP contribution in [0.2, 0.25) is 0 Å². The largest absolute Gasteiger partial charge is 0.384 e. The van der Waals surface area contributed by atoms with E-state index in [2.05, 4.69) is 20.9 Å². The molecule has 4 N–H and O–H groups in total. The number of carbonyl (C=O) groups is 1. The normalized spacial score (nSPS) is 13.0. The van der Waals surface area contributed by atoms with Crippen LogP contribution in [0.5, 0.6) is 0 Å². The number of nitrogens with zero attached hydrogens (tertiary/aromatic N) is 1. The lowest BCUT2D eigenvalue weighted by atomic mass is 9.96. The van der Waals surface area contributed by atoms with Gasteiger partial charge in [-0.25, -0.2) is 4.99 Å². The first kappa shape index (κ1) is 24.9. The third-order valence-corrected chi connectivity index (χ3v) is 4.30. The average Bonchev–Trinajstić information content (AvgIpc) is 2.71. The molecule has 0 bridgehead atoms. The molecule has 1 atom stereocenters. The van der Waals surface area contributed by atoms with Crippen molar-refractivity contribution < 1.29 is 9.90 Å². The number of amides is 1. The minimum atomic E-state index is -1.05. The van der Waals surface area contributed by atoms with E-state index in [-0.39, 0.29) is 43.0 Å². The van der Waals surface area contributed by atoms with Gasteiger partial charge in [-0.05, 0) is 31.4 Å². The zero-order valence-electron chi connectivity index (χ0n) is 17.0. The molecule has 0 aliphatic heterocycles. The molecule has 2 aromatic carbocycles. The fourth-order valence-electron chi connectivity index (χ4n) is 2.69. The number of halogens is 1. The van der Waals surface area contributed by atoms with Crippen LogP contribution in [0.15, 0.2) is 65.7 Å². The minimum Gasteiger partial charge on any atom is -0.384 e. The van der Waals surface area contributed by atoms with Crippen LogP contribution in [0.3, 0.4) is 0 Å². The van der Waals surface area contributed by atoms with Crippen LogP contribution in [-0.2, 0) is 16.8 Å². The summed E-state index contributed by atoms with van der Waals surface area (Å²) in [4.78, 5) is 16.3. The molecule has 0 aromatic heterocycles. The Balaban J connectivity index is 0.00000420. The van der Waals surface area contributed by atoms with Crippen LogP contribution in [-0.4, -0.2) is 43.2 Å². The quantitative estimate of drug-likeness (QED) is 0.237. The van der Waals surface area contributed by atoms with E-state index in [0.717, 1.165) is 12.0 Å². The molecule has 0 saturated carbocycles. The van der Waals surface area contributed by atoms with Crippen molar-refractivity contribution in [3.05, 3.63) is 71.8 Å². The fourth-order valence-corrected chi connectivity index (χ4v) is 2.69. The Labute approximate surface area is 190 Å². The van der Waals surface area contributed by atoms with Crippen molar-refractivity contribution in [1.29, 1.82) is 0 Å². The summed E-state index contributed by atoms with van der Waals surface area (Å²) in [6, 6.07) is 19.5. The number of benzene rings is 2. The van der Waals surface area contributed by atoms with E-state index in [4.69, 9.17) is 0 Å². The topological polar surface area (TPSA) is 85.8 Å². The summed E-state index contributed by atoms with van der Waals surface area (Å²) >= 11 is 0. The van der Waals surface area contributed by atoms with E-state index in [9.17, 15) is 9.90 Å². The summed E-state index contributed by atoms with van der Waals surface area (Å²) in [6.07, 6.45) is 0.786. The maximum Gasteiger partial charge on any atom is 0.241 e. The van der Waals surface area contributed by atoms with Gasteiger partial charge in [0.1, 0.15) is 12.1 Å². The highest BCUT2D eigenvalue weighted by Crippen LogP contribution is 2.18. The number of hydrogen-bond donors (Lipinski definition) is 4. The molecule has 0 aliphatic rings. The van der Waals surface area contributed by atoms with Crippen LogP contribution in [0.1, 0.15) is 25.0 Å². The van der Waals surface area contributed by atoms with Gasteiger partial charge in [0.2, 0.25) is 5.91 Å². The molecule has 0 fully saturated rings. The summed E-state index contributed by atoms with van der Waals surface area (Å²) < 4.78 is 0. The Morgan fingerprint density at radius 1 is 1.00 bits per heavy atom. The lowest BCUT2D eigenvalue weighted by Crippen LogP contribution is -2.45. The van der Waals surface area contributed by atoms with Crippen LogP contribution in [0.25, 0.3) is 0 Å². The Bertz CT molecular complexity index is 752. The van der Waals surface area contributed by atoms with Crippen molar-refractivity contribution in [3.63, 3.8) is 0 Å². The Morgan fingerprint density at radius 3 is 2.24 bits per heavy atom. The second kappa shape index (κ2) is 13.2. The highest BCUT2D eigenvalue weighted by Gasteiger charge is 2.22. The molecule has 0 spiro atoms. The SMILES string of the molecule is CCNC(=NCC(=O)NCCc1ccccc1)NCC(C)(O)c1ccccc1.I. The van der Waals surface area contributed by atoms with Gasteiger partial charge >= 0.3 is 0 Å². The van der Waals surface area contributed by atoms with Gasteiger partial charge in [-0.15, -0.1) is 24.0 Å². The number of nitrogens with one attached hydrogen (secondary N) is 3. The van der Waals surface area contributed by atoms with Gasteiger partial charge in [0.15, 0.2) is 5.96 Å². The highest BCUT2D eigenvalue weighted by molar-refractivity contribution is 14.0. The third-order valence-electron chi connectivity index (χ3n) is 4.30. The zero-order valence-corrected chi connectivity index (χ0v) is 19.4. The van der Waals surface area contributed by atoms with Crippen molar-refractivity contribution in [1.82, 2.24) is 16.0 Å². The second-order valence-electron chi connectivity index (χ2n) is 6.77. The molecule has 2 aromatic rings. The van der Waals surface area contributed by atoms with Gasteiger partial charge in [-0.1, -0.05) is 60.7 Å². The monoisotopic (exact) mass is 510 g/mol. The van der Waals surface area contributed by atoms with Crippen molar-refractivity contribution in [3.8, 4) is 0 Å². The maximum atomic E-state index is 12.0. The van der Waals surface area contributed by atoms with Crippen LogP contribution < -0.4 is 16.0 Å². The molecular weight excluding hydrogens is 479 g/mol. The number of rotatable bonds is 9. The molecule has 0 radical (unpaired) electrons. The lowest BCUT2D eigenvalue weighted by Gasteiger charge is -2.25. The van der Waals surface area contributed by atoms with Crippen molar-refractivity contribution in [2.24, 2.45) is 4.99 Å². The molecule has 158 valence electrons. The van der Waals surface area contributed by atoms with Gasteiger partial charge in [-0.3, -0.25) is 4.79 Å². The van der Waals surface area contributed by atoms with Crippen molar-refractivity contribution >= 4 is 35.8 Å². The van der Waals surface area contributed by atoms with E-state index in [1.807, 2.05) is 67.6 Å². The predicted octanol–water partition coefficient (Wildman–Crippen LogP) is 2.43. The van der Waals surface area contributed by atoms with Gasteiger partial charge in [0.05, 0.1) is 6.54 Å². The van der Waals surface area contributed by atoms with E-state index in [1.165, 1.54) is 5.56 Å². The zero-order chi connectivity index (χ0) is 20.2. The van der Waals surface area contributed by atoms with Crippen molar-refractivity contribution in [2.45, 2.75) is 25.9 Å². The number of aliphatic hydroxyl groups is 1. The predicted molar refractivity (Wildman–Crippen MR) is 129 cm³/mol. The van der Waals surface area contributed by atoms with E-state index >= 15 is 0 Å². The molecule has 7 heteroatoms. The third kappa shape index (κ3) is 9.27. The number of aliphatic imine (C=N–C) groups is 1. The smallest absolute Gasteiger partial charge is 0.241 e. The van der Waals surface area contributed by atoms with Gasteiger partial charge in [0, 0.05) is 13.1 Å². The second-order valence-corrected chi connectivity index (χ2v) is 6.77. The summed E-state index contributed by atoms with van der Waals surface area (Å²) in [5.41, 5.74) is 0.955. The number of carbonyl (C=O) groups excluding carboxylic acids is 1. The molecule has 1 unspecified atom stereocenters. The van der Waals surface area contributed by atoms with Crippen LogP contribution >= 0.6 is 24.0 Å². The first-order valence-electron chi connectivity index (χ1n) is 9.62. The first-order valence-corrected chi connectivity index (χ1v) is 9.62. The average molecular weight is 510 g/mol. The molecule has 0 saturated heterocycles. The summed E-state index contributed by atoms with van der Waals surface area (Å²) in [7, 11) is 0. The molecule has 0 aliphatic carbocycles. The Morgan fingerprint density at radius 2 is 1.62 bits per heavy atom. The summed E-state index contributed by atoms with van der Waals surface area (Å²) in [5.74, 6) is 0.361. The number of guanidine groups is 1. The highest BCUT2D eigenvalue weighted by atomic mass is 127. The molecular formula is C22H31IN4O2. The van der Waals surface area contributed by atoms with E-state index < -0.39 is 5.60 Å². The maximum absolute atomic E-state index is 12.0. The molecule has 0 heterocycles. The van der Waals surface area contributed by atoms with Crippen molar-refractivity contribution in [2.75, 3.05) is 26.2 Å². The molecule has 1 amide bonds. The van der Waals surface area contributed by atoms with Gasteiger partial charge in [0.25, 0.3) is 0 Å². The van der Waals surface area contributed by atoms with Crippen LogP contribution in [0, 0.1) is 0 Å². The lowest BCUT2D eigenvalue weighted by molar-refractivity contribution is -0.119. The Hall–Kier alpha value is -2.13. The molecule has 2 rings (SSSR count). The standard InChI is InChI=1S/C22H30N4O2.HI/c1-3-23-21(26-17-22(2,28)19-12-8-5-9-13-19)25-16-20(27)24-15-14-18-10-6-4-7-11-18;/h4-13,28H,3,14-17H2,1-2H3,(H,24,27)(H2,23,25,26);1H. The van der Waals surface area contributed by atoms with Gasteiger partial charge in [-0.2, -0.15) is 0 Å². The number of hydrogen-bond acceptors (Lipinski definition) is 3. The van der Waals surface area contributed by atoms with E-state index in [0.29, 0.717) is 19.0 Å². The molecule has 6 nitrogen and oxygen atoms in total.